The van der Waals surface area contributed by atoms with Gasteiger partial charge in [0.15, 0.2) is 0 Å². The Bertz CT molecular complexity index is 427. The summed E-state index contributed by atoms with van der Waals surface area (Å²) in [5.74, 6) is 0.817. The molecule has 0 bridgehead atoms. The molecule has 1 aliphatic heterocycles. The van der Waals surface area contributed by atoms with Gasteiger partial charge in [-0.05, 0) is 58.5 Å². The van der Waals surface area contributed by atoms with E-state index < -0.39 is 0 Å². The molecule has 1 atom stereocenters. The number of ether oxygens (including phenoxy) is 1. The highest BCUT2D eigenvalue weighted by atomic mass is 16.5. The van der Waals surface area contributed by atoms with Crippen LogP contribution in [-0.4, -0.2) is 42.7 Å². The van der Waals surface area contributed by atoms with Gasteiger partial charge in [-0.15, -0.1) is 0 Å². The molecule has 1 N–H and O–H groups in total. The summed E-state index contributed by atoms with van der Waals surface area (Å²) < 4.78 is 5.30. The average Bonchev–Trinajstić information content (AvgIpc) is 2.49. The molecule has 0 saturated carbocycles. The Hall–Kier alpha value is -1.13. The molecule has 0 radical (unpaired) electrons. The van der Waals surface area contributed by atoms with Crippen molar-refractivity contribution in [2.24, 2.45) is 0 Å². The Kier molecular flexibility index (Phi) is 5.00. The summed E-state index contributed by atoms with van der Waals surface area (Å²) >= 11 is 0. The molecule has 1 aromatic rings. The lowest BCUT2D eigenvalue weighted by Crippen LogP contribution is -2.53. The minimum Gasteiger partial charge on any atom is -0.495 e. The number of hydrogen-bond acceptors (Lipinski definition) is 4. The molecule has 1 aromatic heterocycles. The molecule has 0 aliphatic carbocycles. The molecule has 1 unspecified atom stereocenters. The van der Waals surface area contributed by atoms with Crippen LogP contribution in [-0.2, 0) is 0 Å². The van der Waals surface area contributed by atoms with Crippen LogP contribution in [0.1, 0.15) is 44.7 Å². The fourth-order valence-corrected chi connectivity index (χ4v) is 3.29. The lowest BCUT2D eigenvalue weighted by atomic mass is 9.86. The third kappa shape index (κ3) is 3.13. The molecule has 0 spiro atoms. The zero-order chi connectivity index (χ0) is 14.6. The number of rotatable bonds is 5. The van der Waals surface area contributed by atoms with E-state index in [0.717, 1.165) is 5.75 Å². The summed E-state index contributed by atoms with van der Waals surface area (Å²) in [5, 5.41) is 3.47. The van der Waals surface area contributed by atoms with Crippen LogP contribution in [0.2, 0.25) is 0 Å². The van der Waals surface area contributed by atoms with Gasteiger partial charge in [-0.25, -0.2) is 0 Å². The van der Waals surface area contributed by atoms with E-state index in [2.05, 4.69) is 35.1 Å². The molecule has 0 aromatic carbocycles. The quantitative estimate of drug-likeness (QED) is 0.898. The zero-order valence-electron chi connectivity index (χ0n) is 13.1. The van der Waals surface area contributed by atoms with Crippen molar-refractivity contribution in [3.05, 3.63) is 24.0 Å². The Balaban J connectivity index is 2.24. The maximum absolute atomic E-state index is 5.30. The summed E-state index contributed by atoms with van der Waals surface area (Å²) in [6, 6.07) is 2.32. The highest BCUT2D eigenvalue weighted by Gasteiger charge is 2.36. The van der Waals surface area contributed by atoms with Crippen molar-refractivity contribution in [2.75, 3.05) is 27.2 Å². The second kappa shape index (κ2) is 6.55. The Labute approximate surface area is 122 Å². The first-order valence-electron chi connectivity index (χ1n) is 7.51. The number of likely N-dealkylation sites (N-methyl/N-ethyl adjacent to an activating group) is 1. The van der Waals surface area contributed by atoms with Crippen LogP contribution < -0.4 is 10.1 Å². The number of pyridine rings is 1. The van der Waals surface area contributed by atoms with Crippen LogP contribution in [0.5, 0.6) is 5.75 Å². The summed E-state index contributed by atoms with van der Waals surface area (Å²) in [4.78, 5) is 6.89. The van der Waals surface area contributed by atoms with Gasteiger partial charge < -0.3 is 10.1 Å². The second-order valence-corrected chi connectivity index (χ2v) is 6.08. The highest BCUT2D eigenvalue weighted by Crippen LogP contribution is 2.33. The molecule has 1 aliphatic rings. The second-order valence-electron chi connectivity index (χ2n) is 6.08. The van der Waals surface area contributed by atoms with Gasteiger partial charge in [0, 0.05) is 11.7 Å². The predicted molar refractivity (Wildman–Crippen MR) is 82.1 cm³/mol. The van der Waals surface area contributed by atoms with Crippen molar-refractivity contribution in [1.82, 2.24) is 15.2 Å². The number of methoxy groups -OCH3 is 1. The topological polar surface area (TPSA) is 37.4 Å². The molecule has 4 nitrogen and oxygen atoms in total. The fourth-order valence-electron chi connectivity index (χ4n) is 3.29. The lowest BCUT2D eigenvalue weighted by molar-refractivity contribution is 0.0631. The van der Waals surface area contributed by atoms with Crippen LogP contribution >= 0.6 is 0 Å². The normalized spacial score (nSPS) is 18.8. The Morgan fingerprint density at radius 2 is 1.95 bits per heavy atom. The number of likely N-dealkylation sites (tertiary alicyclic amines) is 1. The van der Waals surface area contributed by atoms with Crippen molar-refractivity contribution in [3.63, 3.8) is 0 Å². The minimum atomic E-state index is 0.0587. The van der Waals surface area contributed by atoms with Gasteiger partial charge in [0.05, 0.1) is 19.3 Å². The van der Waals surface area contributed by atoms with Crippen LogP contribution in [0.25, 0.3) is 0 Å². The van der Waals surface area contributed by atoms with Crippen LogP contribution in [0.4, 0.5) is 0 Å². The number of hydrogen-bond donors (Lipinski definition) is 1. The van der Waals surface area contributed by atoms with Crippen molar-refractivity contribution in [2.45, 2.75) is 44.7 Å². The van der Waals surface area contributed by atoms with Crippen molar-refractivity contribution >= 4 is 0 Å². The largest absolute Gasteiger partial charge is 0.495 e. The molecule has 2 rings (SSSR count). The molecule has 2 heterocycles. The van der Waals surface area contributed by atoms with E-state index in [0.29, 0.717) is 0 Å². The third-order valence-corrected chi connectivity index (χ3v) is 4.47. The summed E-state index contributed by atoms with van der Waals surface area (Å²) in [5.41, 5.74) is 1.24. The maximum atomic E-state index is 5.30. The van der Waals surface area contributed by atoms with Gasteiger partial charge in [-0.3, -0.25) is 9.88 Å². The Morgan fingerprint density at radius 3 is 2.55 bits per heavy atom. The molecular weight excluding hydrogens is 250 g/mol. The first-order valence-corrected chi connectivity index (χ1v) is 7.51. The standard InChI is InChI=1S/C16H27N3O/c1-16(2,19-8-6-5-7-9-19)15(17-3)13-10-14(20-4)12-18-11-13/h10-12,15,17H,5-9H2,1-4H3. The smallest absolute Gasteiger partial charge is 0.137 e. The highest BCUT2D eigenvalue weighted by molar-refractivity contribution is 5.28. The van der Waals surface area contributed by atoms with E-state index in [1.54, 1.807) is 13.3 Å². The van der Waals surface area contributed by atoms with E-state index in [4.69, 9.17) is 4.74 Å². The van der Waals surface area contributed by atoms with E-state index in [9.17, 15) is 0 Å². The lowest BCUT2D eigenvalue weighted by Gasteiger charge is -2.46. The van der Waals surface area contributed by atoms with E-state index in [1.165, 1.54) is 37.9 Å². The van der Waals surface area contributed by atoms with Gasteiger partial charge in [0.2, 0.25) is 0 Å². The third-order valence-electron chi connectivity index (χ3n) is 4.47. The summed E-state index contributed by atoms with van der Waals surface area (Å²) in [6.45, 7) is 7.00. The van der Waals surface area contributed by atoms with Gasteiger partial charge in [0.25, 0.3) is 0 Å². The van der Waals surface area contributed by atoms with Gasteiger partial charge >= 0.3 is 0 Å². The van der Waals surface area contributed by atoms with Gasteiger partial charge in [-0.2, -0.15) is 0 Å². The number of nitrogens with one attached hydrogen (secondary N) is 1. The molecule has 20 heavy (non-hydrogen) atoms. The van der Waals surface area contributed by atoms with Crippen LogP contribution in [0, 0.1) is 0 Å². The predicted octanol–water partition coefficient (Wildman–Crippen LogP) is 2.62. The molecule has 0 amide bonds. The van der Waals surface area contributed by atoms with Gasteiger partial charge in [-0.1, -0.05) is 6.42 Å². The van der Waals surface area contributed by atoms with Crippen LogP contribution in [0.15, 0.2) is 18.5 Å². The first-order chi connectivity index (χ1) is 9.59. The van der Waals surface area contributed by atoms with E-state index in [-0.39, 0.29) is 11.6 Å². The molecule has 1 saturated heterocycles. The van der Waals surface area contributed by atoms with Crippen LogP contribution in [0.3, 0.4) is 0 Å². The first kappa shape index (κ1) is 15.3. The van der Waals surface area contributed by atoms with Crippen molar-refractivity contribution in [3.8, 4) is 5.75 Å². The van der Waals surface area contributed by atoms with Crippen molar-refractivity contribution in [1.29, 1.82) is 0 Å². The monoisotopic (exact) mass is 277 g/mol. The van der Waals surface area contributed by atoms with Gasteiger partial charge in [0.1, 0.15) is 5.75 Å². The average molecular weight is 277 g/mol. The number of piperidine rings is 1. The fraction of sp³-hybridized carbons (Fsp3) is 0.688. The molecule has 1 fully saturated rings. The number of aromatic nitrogens is 1. The molecular formula is C16H27N3O. The van der Waals surface area contributed by atoms with Crippen molar-refractivity contribution < 1.29 is 4.74 Å². The minimum absolute atomic E-state index is 0.0587. The Morgan fingerprint density at radius 1 is 1.25 bits per heavy atom. The molecule has 4 heteroatoms. The summed E-state index contributed by atoms with van der Waals surface area (Å²) in [7, 11) is 3.71. The summed E-state index contributed by atoms with van der Waals surface area (Å²) in [6.07, 6.45) is 7.66. The number of nitrogens with zero attached hydrogens (tertiary/aromatic N) is 2. The SMILES string of the molecule is CNC(c1cncc(OC)c1)C(C)(C)N1CCCCC1. The maximum Gasteiger partial charge on any atom is 0.137 e. The van der Waals surface area contributed by atoms with E-state index in [1.807, 2.05) is 13.2 Å². The zero-order valence-corrected chi connectivity index (χ0v) is 13.1. The molecule has 112 valence electrons. The van der Waals surface area contributed by atoms with E-state index >= 15 is 0 Å².